The third kappa shape index (κ3) is 3.44. The number of aryl methyl sites for hydroxylation is 2. The van der Waals surface area contributed by atoms with Crippen LogP contribution in [0.4, 0.5) is 0 Å². The van der Waals surface area contributed by atoms with Gasteiger partial charge >= 0.3 is 0 Å². The number of nitrogens with one attached hydrogen (secondary N) is 1. The van der Waals surface area contributed by atoms with Crippen molar-refractivity contribution in [3.8, 4) is 0 Å². The van der Waals surface area contributed by atoms with Gasteiger partial charge in [0.1, 0.15) is 0 Å². The van der Waals surface area contributed by atoms with Gasteiger partial charge in [-0.1, -0.05) is 37.5 Å². The summed E-state index contributed by atoms with van der Waals surface area (Å²) in [6, 6.07) is 7.70. The summed E-state index contributed by atoms with van der Waals surface area (Å²) in [7, 11) is 0. The Morgan fingerprint density at radius 2 is 1.75 bits per heavy atom. The Kier molecular flexibility index (Phi) is 4.77. The topological polar surface area (TPSA) is 12.0 Å². The summed E-state index contributed by atoms with van der Waals surface area (Å²) in [6.07, 6.45) is 12.5. The molecule has 1 aromatic carbocycles. The molecule has 0 radical (unpaired) electrons. The van der Waals surface area contributed by atoms with Crippen LogP contribution in [0.25, 0.3) is 0 Å². The molecule has 1 fully saturated rings. The molecule has 1 N–H and O–H groups in total. The van der Waals surface area contributed by atoms with Crippen LogP contribution < -0.4 is 5.32 Å². The molecule has 1 saturated carbocycles. The van der Waals surface area contributed by atoms with Gasteiger partial charge in [-0.25, -0.2) is 0 Å². The Morgan fingerprint density at radius 3 is 2.55 bits per heavy atom. The van der Waals surface area contributed by atoms with Crippen molar-refractivity contribution in [1.82, 2.24) is 5.32 Å². The smallest absolute Gasteiger partial charge is 0.0292 e. The van der Waals surface area contributed by atoms with Crippen LogP contribution in [0.15, 0.2) is 18.2 Å². The molecule has 0 saturated heterocycles. The van der Waals surface area contributed by atoms with Crippen molar-refractivity contribution < 1.29 is 0 Å². The van der Waals surface area contributed by atoms with Crippen LogP contribution in [0.3, 0.4) is 0 Å². The molecule has 0 amide bonds. The maximum Gasteiger partial charge on any atom is 0.0292 e. The van der Waals surface area contributed by atoms with Gasteiger partial charge < -0.3 is 5.32 Å². The lowest BCUT2D eigenvalue weighted by Gasteiger charge is -2.25. The molecule has 2 aliphatic carbocycles. The van der Waals surface area contributed by atoms with Crippen molar-refractivity contribution in [2.75, 3.05) is 6.54 Å². The fourth-order valence-corrected chi connectivity index (χ4v) is 3.88. The second-order valence-electron chi connectivity index (χ2n) is 6.87. The summed E-state index contributed by atoms with van der Waals surface area (Å²) in [5.41, 5.74) is 4.70. The summed E-state index contributed by atoms with van der Waals surface area (Å²) in [5, 5.41) is 3.78. The van der Waals surface area contributed by atoms with Gasteiger partial charge in [0.05, 0.1) is 0 Å². The van der Waals surface area contributed by atoms with E-state index in [1.165, 1.54) is 69.9 Å². The van der Waals surface area contributed by atoms with E-state index in [0.717, 1.165) is 5.92 Å². The first-order valence-corrected chi connectivity index (χ1v) is 8.68. The van der Waals surface area contributed by atoms with Gasteiger partial charge in [-0.3, -0.25) is 0 Å². The van der Waals surface area contributed by atoms with E-state index in [9.17, 15) is 0 Å². The molecule has 0 aromatic heterocycles. The second kappa shape index (κ2) is 6.76. The lowest BCUT2D eigenvalue weighted by molar-refractivity contribution is 0.331. The number of hydrogen-bond donors (Lipinski definition) is 1. The lowest BCUT2D eigenvalue weighted by Crippen LogP contribution is -2.27. The second-order valence-corrected chi connectivity index (χ2v) is 6.87. The highest BCUT2D eigenvalue weighted by Gasteiger charge is 2.16. The maximum absolute atomic E-state index is 3.78. The Labute approximate surface area is 124 Å². The Bertz CT molecular complexity index is 431. The first-order valence-electron chi connectivity index (χ1n) is 8.68. The van der Waals surface area contributed by atoms with Crippen molar-refractivity contribution in [3.63, 3.8) is 0 Å². The quantitative estimate of drug-likeness (QED) is 0.829. The van der Waals surface area contributed by atoms with Gasteiger partial charge in [0.2, 0.25) is 0 Å². The largest absolute Gasteiger partial charge is 0.310 e. The monoisotopic (exact) mass is 271 g/mol. The van der Waals surface area contributed by atoms with Crippen LogP contribution in [-0.2, 0) is 12.8 Å². The summed E-state index contributed by atoms with van der Waals surface area (Å²) < 4.78 is 0. The van der Waals surface area contributed by atoms with E-state index in [4.69, 9.17) is 0 Å². The van der Waals surface area contributed by atoms with E-state index in [1.807, 2.05) is 0 Å². The highest BCUT2D eigenvalue weighted by Crippen LogP contribution is 2.26. The van der Waals surface area contributed by atoms with E-state index in [-0.39, 0.29) is 0 Å². The third-order valence-corrected chi connectivity index (χ3v) is 5.31. The molecule has 0 heterocycles. The molecule has 1 aromatic rings. The van der Waals surface area contributed by atoms with Crippen molar-refractivity contribution in [2.24, 2.45) is 5.92 Å². The standard InChI is InChI=1S/C19H29N/c1-15(20-14-16-7-3-2-4-8-16)18-12-11-17-9-5-6-10-19(17)13-18/h11-13,15-16,20H,2-10,14H2,1H3. The third-order valence-electron chi connectivity index (χ3n) is 5.31. The molecule has 2 aliphatic rings. The Hall–Kier alpha value is -0.820. The van der Waals surface area contributed by atoms with Crippen molar-refractivity contribution in [3.05, 3.63) is 34.9 Å². The maximum atomic E-state index is 3.78. The predicted molar refractivity (Wildman–Crippen MR) is 86.1 cm³/mol. The molecule has 1 heteroatoms. The zero-order chi connectivity index (χ0) is 13.8. The zero-order valence-electron chi connectivity index (χ0n) is 13.0. The van der Waals surface area contributed by atoms with Gasteiger partial charge in [-0.15, -0.1) is 0 Å². The van der Waals surface area contributed by atoms with Gasteiger partial charge in [-0.2, -0.15) is 0 Å². The molecular weight excluding hydrogens is 242 g/mol. The van der Waals surface area contributed by atoms with Crippen molar-refractivity contribution in [1.29, 1.82) is 0 Å². The van der Waals surface area contributed by atoms with Gasteiger partial charge in [0, 0.05) is 6.04 Å². The number of fused-ring (bicyclic) bond motifs is 1. The first-order chi connectivity index (χ1) is 9.83. The normalized spacial score (nSPS) is 21.4. The lowest BCUT2D eigenvalue weighted by atomic mass is 9.88. The Balaban J connectivity index is 1.57. The predicted octanol–water partition coefficient (Wildman–Crippen LogP) is 4.80. The highest BCUT2D eigenvalue weighted by atomic mass is 14.9. The number of rotatable bonds is 4. The summed E-state index contributed by atoms with van der Waals surface area (Å²) >= 11 is 0. The van der Waals surface area contributed by atoms with Crippen LogP contribution in [-0.4, -0.2) is 6.54 Å². The van der Waals surface area contributed by atoms with Crippen LogP contribution in [0.1, 0.15) is 74.6 Å². The van der Waals surface area contributed by atoms with Gasteiger partial charge in [-0.05, 0) is 74.6 Å². The van der Waals surface area contributed by atoms with Crippen LogP contribution in [0.5, 0.6) is 0 Å². The van der Waals surface area contributed by atoms with Crippen molar-refractivity contribution in [2.45, 2.75) is 70.8 Å². The fourth-order valence-electron chi connectivity index (χ4n) is 3.88. The molecule has 110 valence electrons. The molecular formula is C19H29N. The van der Waals surface area contributed by atoms with E-state index in [1.54, 1.807) is 11.1 Å². The zero-order valence-corrected chi connectivity index (χ0v) is 13.0. The average molecular weight is 271 g/mol. The van der Waals surface area contributed by atoms with Crippen LogP contribution in [0, 0.1) is 5.92 Å². The van der Waals surface area contributed by atoms with Crippen molar-refractivity contribution >= 4 is 0 Å². The van der Waals surface area contributed by atoms with Crippen LogP contribution >= 0.6 is 0 Å². The van der Waals surface area contributed by atoms with E-state index in [0.29, 0.717) is 6.04 Å². The molecule has 1 unspecified atom stereocenters. The van der Waals surface area contributed by atoms with E-state index < -0.39 is 0 Å². The molecule has 0 aliphatic heterocycles. The summed E-state index contributed by atoms with van der Waals surface area (Å²) in [4.78, 5) is 0. The molecule has 3 rings (SSSR count). The molecule has 20 heavy (non-hydrogen) atoms. The summed E-state index contributed by atoms with van der Waals surface area (Å²) in [6.45, 7) is 3.53. The minimum Gasteiger partial charge on any atom is -0.310 e. The van der Waals surface area contributed by atoms with Gasteiger partial charge in [0.25, 0.3) is 0 Å². The molecule has 1 atom stereocenters. The van der Waals surface area contributed by atoms with Gasteiger partial charge in [0.15, 0.2) is 0 Å². The molecule has 1 nitrogen and oxygen atoms in total. The average Bonchev–Trinajstić information content (AvgIpc) is 2.53. The van der Waals surface area contributed by atoms with E-state index >= 15 is 0 Å². The minimum atomic E-state index is 0.504. The fraction of sp³-hybridized carbons (Fsp3) is 0.684. The SMILES string of the molecule is CC(NCC1CCCCC1)c1ccc2c(c1)CCCC2. The Morgan fingerprint density at radius 1 is 1.00 bits per heavy atom. The minimum absolute atomic E-state index is 0.504. The highest BCUT2D eigenvalue weighted by molar-refractivity contribution is 5.35. The number of benzene rings is 1. The first kappa shape index (κ1) is 14.1. The molecule has 0 bridgehead atoms. The molecule has 0 spiro atoms. The summed E-state index contributed by atoms with van der Waals surface area (Å²) in [5.74, 6) is 0.920. The van der Waals surface area contributed by atoms with Crippen LogP contribution in [0.2, 0.25) is 0 Å². The van der Waals surface area contributed by atoms with E-state index in [2.05, 4.69) is 30.4 Å². The number of hydrogen-bond acceptors (Lipinski definition) is 1.